The normalized spacial score (nSPS) is 24.3. The number of para-hydroxylation sites is 1. The molecule has 0 radical (unpaired) electrons. The monoisotopic (exact) mass is 246 g/mol. The summed E-state index contributed by atoms with van der Waals surface area (Å²) in [6.45, 7) is 4.10. The van der Waals surface area contributed by atoms with Gasteiger partial charge in [0.1, 0.15) is 0 Å². The van der Waals surface area contributed by atoms with Gasteiger partial charge in [-0.1, -0.05) is 18.2 Å². The lowest BCUT2D eigenvalue weighted by Gasteiger charge is -2.29. The highest BCUT2D eigenvalue weighted by Crippen LogP contribution is 2.28. The summed E-state index contributed by atoms with van der Waals surface area (Å²) in [4.78, 5) is 2.52. The lowest BCUT2D eigenvalue weighted by Crippen LogP contribution is -2.44. The predicted octanol–water partition coefficient (Wildman–Crippen LogP) is 1.67. The highest BCUT2D eigenvalue weighted by molar-refractivity contribution is 5.57. The second kappa shape index (κ2) is 5.29. The summed E-state index contributed by atoms with van der Waals surface area (Å²) in [5, 5.41) is 3.48. The molecule has 1 aromatic rings. The van der Waals surface area contributed by atoms with E-state index >= 15 is 0 Å². The van der Waals surface area contributed by atoms with Crippen LogP contribution in [0.3, 0.4) is 0 Å². The van der Waals surface area contributed by atoms with Gasteiger partial charge in [0.15, 0.2) is 0 Å². The second-order valence-electron chi connectivity index (χ2n) is 5.34. The van der Waals surface area contributed by atoms with Crippen LogP contribution in [0.1, 0.15) is 12.0 Å². The van der Waals surface area contributed by atoms with E-state index in [1.807, 2.05) is 0 Å². The maximum atomic E-state index is 5.52. The third-order valence-electron chi connectivity index (χ3n) is 4.31. The van der Waals surface area contributed by atoms with E-state index in [-0.39, 0.29) is 0 Å². The molecular weight excluding hydrogens is 224 g/mol. The molecule has 2 unspecified atom stereocenters. The molecule has 1 saturated heterocycles. The Bertz CT molecular complexity index is 401. The van der Waals surface area contributed by atoms with Crippen molar-refractivity contribution in [3.8, 4) is 0 Å². The molecule has 2 aliphatic heterocycles. The highest BCUT2D eigenvalue weighted by Gasteiger charge is 2.28. The van der Waals surface area contributed by atoms with Gasteiger partial charge in [-0.15, -0.1) is 0 Å². The Labute approximate surface area is 109 Å². The third kappa shape index (κ3) is 2.25. The Hall–Kier alpha value is -1.06. The smallest absolute Gasteiger partial charge is 0.0510 e. The van der Waals surface area contributed by atoms with E-state index in [0.717, 1.165) is 26.3 Å². The number of benzene rings is 1. The van der Waals surface area contributed by atoms with Crippen LogP contribution in [0.5, 0.6) is 0 Å². The molecule has 2 atom stereocenters. The van der Waals surface area contributed by atoms with Crippen LogP contribution in [0.25, 0.3) is 0 Å². The molecule has 0 aliphatic carbocycles. The molecule has 1 N–H and O–H groups in total. The maximum absolute atomic E-state index is 5.52. The zero-order valence-electron chi connectivity index (χ0n) is 11.1. The molecule has 0 spiro atoms. The Balaban J connectivity index is 1.69. The molecular formula is C15H22N2O. The fourth-order valence-electron chi connectivity index (χ4n) is 3.18. The molecule has 2 heterocycles. The van der Waals surface area contributed by atoms with E-state index < -0.39 is 0 Å². The van der Waals surface area contributed by atoms with Crippen LogP contribution in [-0.2, 0) is 11.2 Å². The molecule has 0 aromatic heterocycles. The molecule has 3 rings (SSSR count). The summed E-state index contributed by atoms with van der Waals surface area (Å²) in [6.07, 6.45) is 2.38. The van der Waals surface area contributed by atoms with Crippen molar-refractivity contribution < 1.29 is 4.74 Å². The van der Waals surface area contributed by atoms with Gasteiger partial charge in [0.05, 0.1) is 6.61 Å². The van der Waals surface area contributed by atoms with Crippen molar-refractivity contribution in [3.05, 3.63) is 29.8 Å². The molecule has 3 nitrogen and oxygen atoms in total. The number of likely N-dealkylation sites (N-methyl/N-ethyl adjacent to an activating group) is 1. The maximum Gasteiger partial charge on any atom is 0.0510 e. The second-order valence-corrected chi connectivity index (χ2v) is 5.34. The van der Waals surface area contributed by atoms with Crippen LogP contribution < -0.4 is 10.2 Å². The van der Waals surface area contributed by atoms with Crippen molar-refractivity contribution in [1.29, 1.82) is 0 Å². The van der Waals surface area contributed by atoms with E-state index in [0.29, 0.717) is 12.0 Å². The van der Waals surface area contributed by atoms with Gasteiger partial charge in [-0.3, -0.25) is 0 Å². The number of ether oxygens (including phenoxy) is 1. The minimum absolute atomic E-state index is 0.540. The van der Waals surface area contributed by atoms with E-state index in [9.17, 15) is 0 Å². The van der Waals surface area contributed by atoms with Gasteiger partial charge in [0, 0.05) is 37.3 Å². The summed E-state index contributed by atoms with van der Waals surface area (Å²) in [6, 6.07) is 9.33. The lowest BCUT2D eigenvalue weighted by atomic mass is 9.98. The van der Waals surface area contributed by atoms with E-state index in [4.69, 9.17) is 4.74 Å². The Morgan fingerprint density at radius 1 is 1.44 bits per heavy atom. The average Bonchev–Trinajstić information content (AvgIpc) is 3.06. The van der Waals surface area contributed by atoms with Gasteiger partial charge in [-0.05, 0) is 31.5 Å². The lowest BCUT2D eigenvalue weighted by molar-refractivity contribution is 0.178. The fourth-order valence-corrected chi connectivity index (χ4v) is 3.18. The van der Waals surface area contributed by atoms with Crippen molar-refractivity contribution in [1.82, 2.24) is 5.32 Å². The first kappa shape index (κ1) is 12.0. The largest absolute Gasteiger partial charge is 0.381 e. The predicted molar refractivity (Wildman–Crippen MR) is 74.1 cm³/mol. The SMILES string of the molecule is CNC(CN1CCc2ccccc21)C1CCOC1. The van der Waals surface area contributed by atoms with Gasteiger partial charge in [0.2, 0.25) is 0 Å². The summed E-state index contributed by atoms with van der Waals surface area (Å²) < 4.78 is 5.52. The minimum Gasteiger partial charge on any atom is -0.381 e. The number of hydrogen-bond acceptors (Lipinski definition) is 3. The quantitative estimate of drug-likeness (QED) is 0.874. The molecule has 0 bridgehead atoms. The van der Waals surface area contributed by atoms with Gasteiger partial charge in [0.25, 0.3) is 0 Å². The molecule has 18 heavy (non-hydrogen) atoms. The van der Waals surface area contributed by atoms with Crippen molar-refractivity contribution in [2.45, 2.75) is 18.9 Å². The molecule has 1 fully saturated rings. The van der Waals surface area contributed by atoms with E-state index in [1.165, 1.54) is 24.1 Å². The van der Waals surface area contributed by atoms with Crippen molar-refractivity contribution >= 4 is 5.69 Å². The van der Waals surface area contributed by atoms with Gasteiger partial charge in [-0.2, -0.15) is 0 Å². The number of fused-ring (bicyclic) bond motifs is 1. The summed E-state index contributed by atoms with van der Waals surface area (Å²) >= 11 is 0. The van der Waals surface area contributed by atoms with Crippen LogP contribution >= 0.6 is 0 Å². The van der Waals surface area contributed by atoms with Gasteiger partial charge in [-0.25, -0.2) is 0 Å². The molecule has 0 saturated carbocycles. The standard InChI is InChI=1S/C15H22N2O/c1-16-14(13-7-9-18-11-13)10-17-8-6-12-4-2-3-5-15(12)17/h2-5,13-14,16H,6-11H2,1H3. The van der Waals surface area contributed by atoms with E-state index in [2.05, 4.69) is 41.5 Å². The molecule has 1 aromatic carbocycles. The van der Waals surface area contributed by atoms with Crippen molar-refractivity contribution in [3.63, 3.8) is 0 Å². The third-order valence-corrected chi connectivity index (χ3v) is 4.31. The zero-order valence-corrected chi connectivity index (χ0v) is 11.1. The van der Waals surface area contributed by atoms with Gasteiger partial charge < -0.3 is 15.0 Å². The first-order valence-electron chi connectivity index (χ1n) is 6.96. The first-order chi connectivity index (χ1) is 8.88. The Morgan fingerprint density at radius 3 is 3.11 bits per heavy atom. The minimum atomic E-state index is 0.540. The van der Waals surface area contributed by atoms with E-state index in [1.54, 1.807) is 0 Å². The number of nitrogens with zero attached hydrogens (tertiary/aromatic N) is 1. The van der Waals surface area contributed by atoms with Crippen LogP contribution in [0.4, 0.5) is 5.69 Å². The molecule has 0 amide bonds. The van der Waals surface area contributed by atoms with Crippen LogP contribution in [0.2, 0.25) is 0 Å². The topological polar surface area (TPSA) is 24.5 Å². The zero-order chi connectivity index (χ0) is 12.4. The Morgan fingerprint density at radius 2 is 2.33 bits per heavy atom. The molecule has 3 heteroatoms. The summed E-state index contributed by atoms with van der Waals surface area (Å²) in [5.74, 6) is 0.669. The van der Waals surface area contributed by atoms with Crippen LogP contribution in [0.15, 0.2) is 24.3 Å². The summed E-state index contributed by atoms with van der Waals surface area (Å²) in [7, 11) is 2.07. The van der Waals surface area contributed by atoms with Crippen molar-refractivity contribution in [2.24, 2.45) is 5.92 Å². The average molecular weight is 246 g/mol. The Kier molecular flexibility index (Phi) is 3.52. The summed E-state index contributed by atoms with van der Waals surface area (Å²) in [5.41, 5.74) is 2.92. The van der Waals surface area contributed by atoms with Crippen LogP contribution in [0, 0.1) is 5.92 Å². The molecule has 2 aliphatic rings. The number of anilines is 1. The van der Waals surface area contributed by atoms with Crippen molar-refractivity contribution in [2.75, 3.05) is 38.3 Å². The number of hydrogen-bond donors (Lipinski definition) is 1. The highest BCUT2D eigenvalue weighted by atomic mass is 16.5. The van der Waals surface area contributed by atoms with Gasteiger partial charge >= 0.3 is 0 Å². The van der Waals surface area contributed by atoms with Crippen LogP contribution in [-0.4, -0.2) is 39.4 Å². The number of nitrogens with one attached hydrogen (secondary N) is 1. The molecule has 98 valence electrons. The number of rotatable bonds is 4. The fraction of sp³-hybridized carbons (Fsp3) is 0.600. The first-order valence-corrected chi connectivity index (χ1v) is 6.96.